The van der Waals surface area contributed by atoms with Crippen molar-refractivity contribution >= 4 is 27.4 Å². The maximum absolute atomic E-state index is 11.8. The van der Waals surface area contributed by atoms with Crippen molar-refractivity contribution in [3.63, 3.8) is 0 Å². The minimum Gasteiger partial charge on any atom is -0.340 e. The van der Waals surface area contributed by atoms with Crippen LogP contribution in [0.25, 0.3) is 0 Å². The lowest BCUT2D eigenvalue weighted by Gasteiger charge is -2.15. The van der Waals surface area contributed by atoms with Gasteiger partial charge in [-0.05, 0) is 44.0 Å². The molecular weight excluding hydrogens is 312 g/mol. The smallest absolute Gasteiger partial charge is 0.301 e. The van der Waals surface area contributed by atoms with Crippen LogP contribution in [0.1, 0.15) is 16.7 Å². The van der Waals surface area contributed by atoms with E-state index in [-0.39, 0.29) is 0 Å². The van der Waals surface area contributed by atoms with Crippen LogP contribution >= 0.6 is 0 Å². The zero-order chi connectivity index (χ0) is 17.2. The van der Waals surface area contributed by atoms with Gasteiger partial charge in [-0.3, -0.25) is 4.72 Å². The number of hydrogen-bond acceptors (Lipinski definition) is 4. The van der Waals surface area contributed by atoms with Gasteiger partial charge in [-0.15, -0.1) is 0 Å². The Hall–Kier alpha value is -2.12. The number of nitrogens with one attached hydrogen (secondary N) is 2. The summed E-state index contributed by atoms with van der Waals surface area (Å²) in [6, 6.07) is 7.63. The highest BCUT2D eigenvalue weighted by atomic mass is 32.2. The average Bonchev–Trinajstić information content (AvgIpc) is 2.44. The largest absolute Gasteiger partial charge is 0.340 e. The lowest BCUT2D eigenvalue weighted by Crippen LogP contribution is -2.28. The van der Waals surface area contributed by atoms with E-state index < -0.39 is 10.2 Å². The van der Waals surface area contributed by atoms with Gasteiger partial charge in [-0.25, -0.2) is 4.98 Å². The molecule has 124 valence electrons. The molecule has 0 bridgehead atoms. The lowest BCUT2D eigenvalue weighted by molar-refractivity contribution is 0.527. The minimum absolute atomic E-state index is 0.418. The predicted molar refractivity (Wildman–Crippen MR) is 94.4 cm³/mol. The SMILES string of the molecule is Cc1cc(C)c(Nc2ccc(NS(=O)(=O)N(C)C)cn2)c(C)c1. The molecular formula is C16H22N4O2S. The Bertz CT molecular complexity index is 776. The molecule has 0 aliphatic carbocycles. The van der Waals surface area contributed by atoms with Crippen LogP contribution in [-0.2, 0) is 10.2 Å². The normalized spacial score (nSPS) is 11.6. The minimum atomic E-state index is -3.52. The number of rotatable bonds is 5. The van der Waals surface area contributed by atoms with Crippen LogP contribution in [0.4, 0.5) is 17.2 Å². The third kappa shape index (κ3) is 4.20. The molecule has 0 unspecified atom stereocenters. The van der Waals surface area contributed by atoms with Gasteiger partial charge in [0.05, 0.1) is 11.9 Å². The summed E-state index contributed by atoms with van der Waals surface area (Å²) in [6.45, 7) is 6.15. The summed E-state index contributed by atoms with van der Waals surface area (Å²) in [5.41, 5.74) is 4.93. The molecule has 1 aromatic carbocycles. The molecule has 0 atom stereocenters. The molecule has 0 radical (unpaired) electrons. The summed E-state index contributed by atoms with van der Waals surface area (Å²) in [5, 5.41) is 3.28. The highest BCUT2D eigenvalue weighted by molar-refractivity contribution is 7.90. The van der Waals surface area contributed by atoms with E-state index in [2.05, 4.69) is 34.1 Å². The Kier molecular flexibility index (Phi) is 4.91. The molecule has 23 heavy (non-hydrogen) atoms. The van der Waals surface area contributed by atoms with Crippen LogP contribution in [0.15, 0.2) is 30.5 Å². The molecule has 0 saturated carbocycles. The van der Waals surface area contributed by atoms with E-state index in [9.17, 15) is 8.42 Å². The summed E-state index contributed by atoms with van der Waals surface area (Å²) < 4.78 is 27.1. The molecule has 7 heteroatoms. The highest BCUT2D eigenvalue weighted by Crippen LogP contribution is 2.25. The number of nitrogens with zero attached hydrogens (tertiary/aromatic N) is 2. The maximum atomic E-state index is 11.8. The van der Waals surface area contributed by atoms with Crippen molar-refractivity contribution in [2.45, 2.75) is 20.8 Å². The Morgan fingerprint density at radius 1 is 1.04 bits per heavy atom. The number of aryl methyl sites for hydroxylation is 3. The molecule has 0 saturated heterocycles. The Morgan fingerprint density at radius 3 is 2.13 bits per heavy atom. The molecule has 2 N–H and O–H groups in total. The van der Waals surface area contributed by atoms with Crippen LogP contribution < -0.4 is 10.0 Å². The lowest BCUT2D eigenvalue weighted by atomic mass is 10.1. The first-order valence-corrected chi connectivity index (χ1v) is 8.64. The van der Waals surface area contributed by atoms with Gasteiger partial charge in [-0.1, -0.05) is 17.7 Å². The highest BCUT2D eigenvalue weighted by Gasteiger charge is 2.13. The van der Waals surface area contributed by atoms with Crippen molar-refractivity contribution in [1.29, 1.82) is 0 Å². The van der Waals surface area contributed by atoms with Gasteiger partial charge in [0, 0.05) is 19.8 Å². The second-order valence-corrected chi connectivity index (χ2v) is 7.60. The Labute approximate surface area is 137 Å². The summed E-state index contributed by atoms with van der Waals surface area (Å²) in [6.07, 6.45) is 1.49. The number of pyridine rings is 1. The van der Waals surface area contributed by atoms with E-state index in [1.54, 1.807) is 12.1 Å². The first kappa shape index (κ1) is 17.2. The van der Waals surface area contributed by atoms with Crippen LogP contribution in [0.5, 0.6) is 0 Å². The number of aromatic nitrogens is 1. The van der Waals surface area contributed by atoms with Gasteiger partial charge in [0.15, 0.2) is 0 Å². The van der Waals surface area contributed by atoms with Crippen LogP contribution in [0.3, 0.4) is 0 Å². The number of hydrogen-bond donors (Lipinski definition) is 2. The molecule has 6 nitrogen and oxygen atoms in total. The zero-order valence-corrected chi connectivity index (χ0v) is 14.8. The Balaban J connectivity index is 2.18. The molecule has 0 amide bonds. The number of benzene rings is 1. The van der Waals surface area contributed by atoms with Crippen LogP contribution in [0.2, 0.25) is 0 Å². The number of anilines is 3. The third-order valence-corrected chi connectivity index (χ3v) is 4.88. The molecule has 2 aromatic rings. The fourth-order valence-corrected chi connectivity index (χ4v) is 2.87. The van der Waals surface area contributed by atoms with E-state index in [0.29, 0.717) is 11.5 Å². The molecule has 0 fully saturated rings. The fraction of sp³-hybridized carbons (Fsp3) is 0.312. The second-order valence-electron chi connectivity index (χ2n) is 5.72. The first-order valence-electron chi connectivity index (χ1n) is 7.20. The van der Waals surface area contributed by atoms with Crippen molar-refractivity contribution < 1.29 is 8.42 Å². The van der Waals surface area contributed by atoms with E-state index in [0.717, 1.165) is 21.1 Å². The maximum Gasteiger partial charge on any atom is 0.301 e. The summed E-state index contributed by atoms with van der Waals surface area (Å²) >= 11 is 0. The topological polar surface area (TPSA) is 74.3 Å². The standard InChI is InChI=1S/C16H22N4O2S/c1-11-8-12(2)16(13(3)9-11)18-15-7-6-14(10-17-15)19-23(21,22)20(4)5/h6-10,19H,1-5H3,(H,17,18). The molecule has 0 aliphatic rings. The molecule has 0 aliphatic heterocycles. The van der Waals surface area contributed by atoms with E-state index in [1.165, 1.54) is 25.9 Å². The monoisotopic (exact) mass is 334 g/mol. The molecule has 0 spiro atoms. The van der Waals surface area contributed by atoms with Gasteiger partial charge in [0.2, 0.25) is 0 Å². The van der Waals surface area contributed by atoms with Crippen LogP contribution in [-0.4, -0.2) is 31.8 Å². The van der Waals surface area contributed by atoms with Crippen molar-refractivity contribution in [3.8, 4) is 0 Å². The Morgan fingerprint density at radius 2 is 1.65 bits per heavy atom. The van der Waals surface area contributed by atoms with Gasteiger partial charge in [0.25, 0.3) is 0 Å². The first-order chi connectivity index (χ1) is 10.7. The van der Waals surface area contributed by atoms with E-state index in [1.807, 2.05) is 13.8 Å². The predicted octanol–water partition coefficient (Wildman–Crippen LogP) is 2.97. The third-order valence-electron chi connectivity index (χ3n) is 3.42. The van der Waals surface area contributed by atoms with Gasteiger partial charge in [-0.2, -0.15) is 12.7 Å². The van der Waals surface area contributed by atoms with Gasteiger partial charge < -0.3 is 5.32 Å². The summed E-state index contributed by atoms with van der Waals surface area (Å²) in [4.78, 5) is 4.27. The van der Waals surface area contributed by atoms with Crippen molar-refractivity contribution in [2.75, 3.05) is 24.1 Å². The van der Waals surface area contributed by atoms with Crippen molar-refractivity contribution in [2.24, 2.45) is 0 Å². The van der Waals surface area contributed by atoms with Gasteiger partial charge >= 0.3 is 10.2 Å². The van der Waals surface area contributed by atoms with Gasteiger partial charge in [0.1, 0.15) is 5.82 Å². The molecule has 1 aromatic heterocycles. The second kappa shape index (κ2) is 6.55. The zero-order valence-electron chi connectivity index (χ0n) is 14.0. The summed E-state index contributed by atoms with van der Waals surface area (Å²) in [5.74, 6) is 0.660. The van der Waals surface area contributed by atoms with Crippen molar-refractivity contribution in [3.05, 3.63) is 47.2 Å². The molecule has 2 rings (SSSR count). The fourth-order valence-electron chi connectivity index (χ4n) is 2.27. The molecule has 1 heterocycles. The summed E-state index contributed by atoms with van der Waals surface area (Å²) in [7, 11) is -0.584. The average molecular weight is 334 g/mol. The van der Waals surface area contributed by atoms with E-state index in [4.69, 9.17) is 0 Å². The van der Waals surface area contributed by atoms with Crippen LogP contribution in [0, 0.1) is 20.8 Å². The van der Waals surface area contributed by atoms with E-state index >= 15 is 0 Å². The quantitative estimate of drug-likeness (QED) is 0.881. The van der Waals surface area contributed by atoms with Crippen molar-refractivity contribution in [1.82, 2.24) is 9.29 Å².